The molecule has 4 rings (SSSR count). The molecule has 2 unspecified atom stereocenters. The van der Waals surface area contributed by atoms with Crippen LogP contribution in [-0.2, 0) is 15.0 Å². The third-order valence-electron chi connectivity index (χ3n) is 3.78. The molecule has 16 heavy (non-hydrogen) atoms. The van der Waals surface area contributed by atoms with Crippen molar-refractivity contribution >= 4 is 11.6 Å². The molecule has 0 radical (unpaired) electrons. The molecular weight excluding hydrogens is 200 g/mol. The summed E-state index contributed by atoms with van der Waals surface area (Å²) in [6, 6.07) is 7.79. The van der Waals surface area contributed by atoms with Crippen molar-refractivity contribution in [3.8, 4) is 0 Å². The maximum Gasteiger partial charge on any atom is 0.145 e. The molecule has 2 nitrogen and oxygen atoms in total. The molecule has 2 heteroatoms. The minimum absolute atomic E-state index is 0.0581. The van der Waals surface area contributed by atoms with Crippen LogP contribution in [0.3, 0.4) is 0 Å². The number of ketones is 2. The Morgan fingerprint density at radius 3 is 2.81 bits per heavy atom. The summed E-state index contributed by atoms with van der Waals surface area (Å²) in [4.78, 5) is 23.8. The highest BCUT2D eigenvalue weighted by Crippen LogP contribution is 2.47. The normalized spacial score (nSPS) is 30.3. The number of hydrogen-bond acceptors (Lipinski definition) is 2. The summed E-state index contributed by atoms with van der Waals surface area (Å²) in [5.74, 6) is 0.0940. The number of fused-ring (bicyclic) bond motifs is 1. The van der Waals surface area contributed by atoms with Gasteiger partial charge in [-0.3, -0.25) is 9.59 Å². The minimum Gasteiger partial charge on any atom is -0.299 e. The van der Waals surface area contributed by atoms with Gasteiger partial charge < -0.3 is 0 Å². The SMILES string of the molecule is CC(=O)C12C=CC(C(=O)C1)c1ccccc12. The van der Waals surface area contributed by atoms with E-state index in [1.54, 1.807) is 6.92 Å². The predicted molar refractivity (Wildman–Crippen MR) is 60.3 cm³/mol. The molecule has 2 bridgehead atoms. The first kappa shape index (κ1) is 9.52. The second-order valence-corrected chi connectivity index (χ2v) is 4.59. The maximum absolute atomic E-state index is 11.9. The van der Waals surface area contributed by atoms with Gasteiger partial charge in [0.25, 0.3) is 0 Å². The Labute approximate surface area is 94.0 Å². The molecule has 0 heterocycles. The number of hydrogen-bond donors (Lipinski definition) is 0. The smallest absolute Gasteiger partial charge is 0.145 e. The predicted octanol–water partition coefficient (Wildman–Crippen LogP) is 2.14. The largest absolute Gasteiger partial charge is 0.299 e. The molecule has 0 spiro atoms. The zero-order valence-electron chi connectivity index (χ0n) is 9.07. The number of carbonyl (C=O) groups is 2. The van der Waals surface area contributed by atoms with Gasteiger partial charge in [-0.1, -0.05) is 36.4 Å². The van der Waals surface area contributed by atoms with Gasteiger partial charge in [0.05, 0.1) is 11.3 Å². The molecule has 0 saturated carbocycles. The first-order valence-electron chi connectivity index (χ1n) is 5.48. The standard InChI is InChI=1S/C14H12O2/c1-9(15)14-7-6-11(13(16)8-14)10-4-2-3-5-12(10)14/h2-7,11H,8H2,1H3. The van der Waals surface area contributed by atoms with E-state index in [1.807, 2.05) is 36.4 Å². The highest BCUT2D eigenvalue weighted by atomic mass is 16.1. The van der Waals surface area contributed by atoms with Gasteiger partial charge in [0.15, 0.2) is 0 Å². The molecule has 80 valence electrons. The van der Waals surface area contributed by atoms with E-state index in [9.17, 15) is 9.59 Å². The topological polar surface area (TPSA) is 34.1 Å². The zero-order valence-corrected chi connectivity index (χ0v) is 9.07. The number of benzene rings is 1. The first-order chi connectivity index (χ1) is 7.65. The van der Waals surface area contributed by atoms with Crippen LogP contribution >= 0.6 is 0 Å². The summed E-state index contributed by atoms with van der Waals surface area (Å²) in [6.07, 6.45) is 4.14. The molecule has 0 amide bonds. The van der Waals surface area contributed by atoms with E-state index >= 15 is 0 Å². The molecule has 1 aromatic rings. The second-order valence-electron chi connectivity index (χ2n) is 4.59. The van der Waals surface area contributed by atoms with Crippen LogP contribution in [0, 0.1) is 0 Å². The van der Waals surface area contributed by atoms with Gasteiger partial charge in [0.1, 0.15) is 11.6 Å². The highest BCUT2D eigenvalue weighted by molar-refractivity contribution is 6.04. The number of Topliss-reactive ketones (excluding diaryl/α,β-unsaturated/α-hetero) is 2. The molecule has 2 atom stereocenters. The summed E-state index contributed by atoms with van der Waals surface area (Å²) in [7, 11) is 0. The van der Waals surface area contributed by atoms with Gasteiger partial charge in [-0.05, 0) is 18.1 Å². The van der Waals surface area contributed by atoms with Crippen LogP contribution in [0.2, 0.25) is 0 Å². The van der Waals surface area contributed by atoms with Gasteiger partial charge in [0.2, 0.25) is 0 Å². The number of allylic oxidation sites excluding steroid dienone is 2. The van der Waals surface area contributed by atoms with Crippen molar-refractivity contribution in [1.82, 2.24) is 0 Å². The molecular formula is C14H12O2. The van der Waals surface area contributed by atoms with Crippen LogP contribution in [0.25, 0.3) is 0 Å². The van der Waals surface area contributed by atoms with E-state index in [0.717, 1.165) is 11.1 Å². The molecule has 0 aromatic heterocycles. The van der Waals surface area contributed by atoms with Crippen molar-refractivity contribution < 1.29 is 9.59 Å². The molecule has 0 saturated heterocycles. The van der Waals surface area contributed by atoms with Gasteiger partial charge in [-0.25, -0.2) is 0 Å². The fourth-order valence-electron chi connectivity index (χ4n) is 2.88. The summed E-state index contributed by atoms with van der Waals surface area (Å²) in [5.41, 5.74) is 1.36. The summed E-state index contributed by atoms with van der Waals surface area (Å²) < 4.78 is 0. The Morgan fingerprint density at radius 2 is 2.12 bits per heavy atom. The lowest BCUT2D eigenvalue weighted by atomic mass is 9.60. The van der Waals surface area contributed by atoms with Crippen molar-refractivity contribution in [3.05, 3.63) is 47.5 Å². The van der Waals surface area contributed by atoms with Crippen molar-refractivity contribution in [2.24, 2.45) is 0 Å². The minimum atomic E-state index is -0.678. The average Bonchev–Trinajstić information content (AvgIpc) is 2.29. The Balaban J connectivity index is 2.34. The third kappa shape index (κ3) is 0.967. The fraction of sp³-hybridized carbons (Fsp3) is 0.286. The highest BCUT2D eigenvalue weighted by Gasteiger charge is 2.48. The van der Waals surface area contributed by atoms with Crippen molar-refractivity contribution in [3.63, 3.8) is 0 Å². The molecule has 3 aliphatic rings. The third-order valence-corrected chi connectivity index (χ3v) is 3.78. The van der Waals surface area contributed by atoms with Crippen molar-refractivity contribution in [1.29, 1.82) is 0 Å². The van der Waals surface area contributed by atoms with E-state index < -0.39 is 5.41 Å². The van der Waals surface area contributed by atoms with E-state index in [0.29, 0.717) is 6.42 Å². The quantitative estimate of drug-likeness (QED) is 0.668. The maximum atomic E-state index is 11.9. The lowest BCUT2D eigenvalue weighted by Gasteiger charge is -2.40. The van der Waals surface area contributed by atoms with E-state index in [2.05, 4.69) is 0 Å². The average molecular weight is 212 g/mol. The molecule has 0 N–H and O–H groups in total. The van der Waals surface area contributed by atoms with Crippen LogP contribution < -0.4 is 0 Å². The molecule has 0 fully saturated rings. The summed E-state index contributed by atoms with van der Waals surface area (Å²) in [6.45, 7) is 1.57. The fourth-order valence-corrected chi connectivity index (χ4v) is 2.88. The van der Waals surface area contributed by atoms with Crippen LogP contribution in [-0.4, -0.2) is 11.6 Å². The van der Waals surface area contributed by atoms with Crippen molar-refractivity contribution in [2.75, 3.05) is 0 Å². The molecule has 1 aromatic carbocycles. The van der Waals surface area contributed by atoms with Gasteiger partial charge >= 0.3 is 0 Å². The van der Waals surface area contributed by atoms with Gasteiger partial charge in [0, 0.05) is 6.42 Å². The monoisotopic (exact) mass is 212 g/mol. The summed E-state index contributed by atoms with van der Waals surface area (Å²) >= 11 is 0. The van der Waals surface area contributed by atoms with Gasteiger partial charge in [-0.15, -0.1) is 0 Å². The zero-order chi connectivity index (χ0) is 11.3. The number of rotatable bonds is 1. The van der Waals surface area contributed by atoms with Crippen LogP contribution in [0.15, 0.2) is 36.4 Å². The Kier molecular flexibility index (Phi) is 1.73. The summed E-state index contributed by atoms with van der Waals surface area (Å²) in [5, 5.41) is 0. The molecule has 0 aliphatic heterocycles. The second kappa shape index (κ2) is 2.91. The van der Waals surface area contributed by atoms with Crippen LogP contribution in [0.5, 0.6) is 0 Å². The van der Waals surface area contributed by atoms with E-state index in [4.69, 9.17) is 0 Å². The van der Waals surface area contributed by atoms with Gasteiger partial charge in [-0.2, -0.15) is 0 Å². The van der Waals surface area contributed by atoms with Crippen LogP contribution in [0.4, 0.5) is 0 Å². The van der Waals surface area contributed by atoms with E-state index in [1.165, 1.54) is 0 Å². The lowest BCUT2D eigenvalue weighted by molar-refractivity contribution is -0.128. The number of carbonyl (C=O) groups excluding carboxylic acids is 2. The Morgan fingerprint density at radius 1 is 1.38 bits per heavy atom. The van der Waals surface area contributed by atoms with Crippen LogP contribution in [0.1, 0.15) is 30.4 Å². The Bertz CT molecular complexity index is 527. The lowest BCUT2D eigenvalue weighted by Crippen LogP contribution is -2.44. The first-order valence-corrected chi connectivity index (χ1v) is 5.48. The van der Waals surface area contributed by atoms with Crippen molar-refractivity contribution in [2.45, 2.75) is 24.7 Å². The Hall–Kier alpha value is -1.70. The van der Waals surface area contributed by atoms with E-state index in [-0.39, 0.29) is 17.5 Å². The molecule has 3 aliphatic carbocycles.